The van der Waals surface area contributed by atoms with Crippen LogP contribution in [0.4, 0.5) is 5.82 Å². The number of esters is 1. The molecule has 1 N–H and O–H groups in total. The summed E-state index contributed by atoms with van der Waals surface area (Å²) in [5.41, 5.74) is 0.419. The largest absolute Gasteiger partial charge is 0.466 e. The second-order valence-corrected chi connectivity index (χ2v) is 4.17. The average Bonchev–Trinajstić information content (AvgIpc) is 2.46. The Morgan fingerprint density at radius 1 is 1.40 bits per heavy atom. The van der Waals surface area contributed by atoms with Crippen molar-refractivity contribution in [2.75, 3.05) is 11.9 Å². The molecule has 0 spiro atoms. The van der Waals surface area contributed by atoms with Gasteiger partial charge < -0.3 is 10.1 Å². The molecule has 6 nitrogen and oxygen atoms in total. The number of aromatic nitrogens is 1. The van der Waals surface area contributed by atoms with Crippen LogP contribution in [-0.2, 0) is 14.3 Å². The lowest BCUT2D eigenvalue weighted by atomic mass is 10.3. The van der Waals surface area contributed by atoms with Crippen molar-refractivity contribution >= 4 is 17.7 Å². The molecule has 0 saturated heterocycles. The van der Waals surface area contributed by atoms with Gasteiger partial charge in [-0.2, -0.15) is 5.26 Å². The molecule has 1 amide bonds. The second kappa shape index (κ2) is 8.64. The molecule has 0 bridgehead atoms. The molecule has 1 rings (SSSR count). The first kappa shape index (κ1) is 15.6. The van der Waals surface area contributed by atoms with Crippen LogP contribution in [0, 0.1) is 11.3 Å². The fraction of sp³-hybridized carbons (Fsp3) is 0.429. The van der Waals surface area contributed by atoms with Gasteiger partial charge in [-0.05, 0) is 18.6 Å². The highest BCUT2D eigenvalue weighted by molar-refractivity contribution is 5.91. The quantitative estimate of drug-likeness (QED) is 0.607. The molecular weight excluding hydrogens is 258 g/mol. The van der Waals surface area contributed by atoms with E-state index in [1.54, 1.807) is 6.07 Å². The van der Waals surface area contributed by atoms with E-state index in [1.165, 1.54) is 12.3 Å². The predicted molar refractivity (Wildman–Crippen MR) is 72.7 cm³/mol. The molecule has 0 fully saturated rings. The maximum atomic E-state index is 11.6. The molecule has 0 aromatic carbocycles. The number of carbonyl (C=O) groups is 2. The van der Waals surface area contributed by atoms with Gasteiger partial charge in [0.15, 0.2) is 0 Å². The molecule has 0 aliphatic carbocycles. The molecule has 6 heteroatoms. The summed E-state index contributed by atoms with van der Waals surface area (Å²) < 4.78 is 4.94. The molecule has 0 radical (unpaired) electrons. The van der Waals surface area contributed by atoms with Gasteiger partial charge in [0.1, 0.15) is 11.9 Å². The number of hydrogen-bond donors (Lipinski definition) is 1. The van der Waals surface area contributed by atoms with Crippen molar-refractivity contribution in [3.63, 3.8) is 0 Å². The summed E-state index contributed by atoms with van der Waals surface area (Å²) in [5, 5.41) is 11.2. The summed E-state index contributed by atoms with van der Waals surface area (Å²) in [6.07, 6.45) is 3.25. The molecule has 0 aliphatic rings. The fourth-order valence-corrected chi connectivity index (χ4v) is 1.36. The maximum Gasteiger partial charge on any atom is 0.306 e. The minimum atomic E-state index is -0.374. The first-order valence-corrected chi connectivity index (χ1v) is 6.47. The zero-order chi connectivity index (χ0) is 14.8. The van der Waals surface area contributed by atoms with E-state index in [2.05, 4.69) is 10.3 Å². The molecule has 1 heterocycles. The Bertz CT molecular complexity index is 491. The van der Waals surface area contributed by atoms with E-state index in [1.807, 2.05) is 13.0 Å². The van der Waals surface area contributed by atoms with Gasteiger partial charge in [-0.1, -0.05) is 13.3 Å². The number of hydrogen-bond acceptors (Lipinski definition) is 5. The number of carbonyl (C=O) groups excluding carboxylic acids is 2. The Kier molecular flexibility index (Phi) is 6.76. The lowest BCUT2D eigenvalue weighted by Crippen LogP contribution is -2.15. The average molecular weight is 275 g/mol. The lowest BCUT2D eigenvalue weighted by molar-refractivity contribution is -0.144. The van der Waals surface area contributed by atoms with E-state index in [0.29, 0.717) is 18.0 Å². The van der Waals surface area contributed by atoms with Gasteiger partial charge in [-0.25, -0.2) is 4.98 Å². The van der Waals surface area contributed by atoms with E-state index < -0.39 is 0 Å². The molecule has 0 atom stereocenters. The van der Waals surface area contributed by atoms with Crippen LogP contribution in [0.2, 0.25) is 0 Å². The van der Waals surface area contributed by atoms with E-state index >= 15 is 0 Å². The van der Waals surface area contributed by atoms with Crippen LogP contribution in [0.25, 0.3) is 0 Å². The Labute approximate surface area is 117 Å². The molecule has 0 saturated carbocycles. The smallest absolute Gasteiger partial charge is 0.306 e. The van der Waals surface area contributed by atoms with Crippen LogP contribution in [0.3, 0.4) is 0 Å². The monoisotopic (exact) mass is 275 g/mol. The van der Waals surface area contributed by atoms with Gasteiger partial charge in [0.05, 0.1) is 18.6 Å². The fourth-order valence-electron chi connectivity index (χ4n) is 1.36. The van der Waals surface area contributed by atoms with Crippen molar-refractivity contribution < 1.29 is 14.3 Å². The molecule has 0 aliphatic heterocycles. The number of ether oxygens (including phenoxy) is 1. The number of nitriles is 1. The first-order chi connectivity index (χ1) is 9.65. The standard InChI is InChI=1S/C14H17N3O3/c1-2-3-8-20-14(19)7-6-13(18)17-12-5-4-11(9-15)10-16-12/h4-5,10H,2-3,6-8H2,1H3,(H,16,17,18). The summed E-state index contributed by atoms with van der Waals surface area (Å²) in [6, 6.07) is 5.03. The minimum Gasteiger partial charge on any atom is -0.466 e. The Morgan fingerprint density at radius 3 is 2.80 bits per heavy atom. The van der Waals surface area contributed by atoms with Crippen molar-refractivity contribution in [1.82, 2.24) is 4.98 Å². The van der Waals surface area contributed by atoms with Crippen LogP contribution >= 0.6 is 0 Å². The molecular formula is C14H17N3O3. The van der Waals surface area contributed by atoms with Crippen molar-refractivity contribution in [1.29, 1.82) is 5.26 Å². The Morgan fingerprint density at radius 2 is 2.20 bits per heavy atom. The van der Waals surface area contributed by atoms with Crippen molar-refractivity contribution in [2.24, 2.45) is 0 Å². The van der Waals surface area contributed by atoms with E-state index in [0.717, 1.165) is 12.8 Å². The topological polar surface area (TPSA) is 92.1 Å². The zero-order valence-corrected chi connectivity index (χ0v) is 11.4. The third-order valence-corrected chi connectivity index (χ3v) is 2.48. The van der Waals surface area contributed by atoms with Gasteiger partial charge in [0.25, 0.3) is 0 Å². The van der Waals surface area contributed by atoms with Crippen molar-refractivity contribution in [3.05, 3.63) is 23.9 Å². The van der Waals surface area contributed by atoms with Gasteiger partial charge in [-0.15, -0.1) is 0 Å². The number of pyridine rings is 1. The second-order valence-electron chi connectivity index (χ2n) is 4.17. The van der Waals surface area contributed by atoms with Gasteiger partial charge in [0, 0.05) is 12.6 Å². The number of anilines is 1. The summed E-state index contributed by atoms with van der Waals surface area (Å²) in [6.45, 7) is 2.40. The lowest BCUT2D eigenvalue weighted by Gasteiger charge is -2.05. The van der Waals surface area contributed by atoms with Crippen LogP contribution in [0.1, 0.15) is 38.2 Å². The summed E-state index contributed by atoms with van der Waals surface area (Å²) in [5.74, 6) is -0.329. The van der Waals surface area contributed by atoms with Crippen LogP contribution in [0.5, 0.6) is 0 Å². The Hall–Kier alpha value is -2.42. The number of rotatable bonds is 7. The molecule has 1 aromatic rings. The van der Waals surface area contributed by atoms with Gasteiger partial charge >= 0.3 is 5.97 Å². The maximum absolute atomic E-state index is 11.6. The molecule has 106 valence electrons. The number of nitrogens with one attached hydrogen (secondary N) is 1. The third-order valence-electron chi connectivity index (χ3n) is 2.48. The van der Waals surface area contributed by atoms with Crippen LogP contribution in [-0.4, -0.2) is 23.5 Å². The molecule has 0 unspecified atom stereocenters. The number of nitrogens with zero attached hydrogens (tertiary/aromatic N) is 2. The molecule has 1 aromatic heterocycles. The van der Waals surface area contributed by atoms with Gasteiger partial charge in [0.2, 0.25) is 5.91 Å². The highest BCUT2D eigenvalue weighted by Crippen LogP contribution is 2.05. The van der Waals surface area contributed by atoms with Crippen molar-refractivity contribution in [2.45, 2.75) is 32.6 Å². The number of unbranched alkanes of at least 4 members (excludes halogenated alkanes) is 1. The van der Waals surface area contributed by atoms with Gasteiger partial charge in [-0.3, -0.25) is 9.59 Å². The van der Waals surface area contributed by atoms with Crippen LogP contribution in [0.15, 0.2) is 18.3 Å². The van der Waals surface area contributed by atoms with Crippen molar-refractivity contribution in [3.8, 4) is 6.07 Å². The normalized spacial score (nSPS) is 9.60. The Balaban J connectivity index is 2.29. The first-order valence-electron chi connectivity index (χ1n) is 6.47. The van der Waals surface area contributed by atoms with E-state index in [-0.39, 0.29) is 24.7 Å². The van der Waals surface area contributed by atoms with Crippen LogP contribution < -0.4 is 5.32 Å². The molecule has 20 heavy (non-hydrogen) atoms. The predicted octanol–water partition coefficient (Wildman–Crippen LogP) is 2.02. The number of amides is 1. The highest BCUT2D eigenvalue weighted by atomic mass is 16.5. The zero-order valence-electron chi connectivity index (χ0n) is 11.4. The highest BCUT2D eigenvalue weighted by Gasteiger charge is 2.08. The minimum absolute atomic E-state index is 0.0474. The third kappa shape index (κ3) is 5.96. The summed E-state index contributed by atoms with van der Waals surface area (Å²) in [7, 11) is 0. The van der Waals surface area contributed by atoms with E-state index in [4.69, 9.17) is 10.00 Å². The SMILES string of the molecule is CCCCOC(=O)CCC(=O)Nc1ccc(C#N)cn1. The summed E-state index contributed by atoms with van der Waals surface area (Å²) >= 11 is 0. The van der Waals surface area contributed by atoms with E-state index in [9.17, 15) is 9.59 Å². The summed E-state index contributed by atoms with van der Waals surface area (Å²) in [4.78, 5) is 26.8.